The molecule has 0 radical (unpaired) electrons. The summed E-state index contributed by atoms with van der Waals surface area (Å²) in [5, 5.41) is 13.7. The molecular formula is C14H17N3O4. The number of nitriles is 1. The molecule has 0 atom stereocenters. The molecule has 0 unspecified atom stereocenters. The highest BCUT2D eigenvalue weighted by Crippen LogP contribution is 2.28. The van der Waals surface area contributed by atoms with Gasteiger partial charge in [0, 0.05) is 19.7 Å². The van der Waals surface area contributed by atoms with Gasteiger partial charge >= 0.3 is 0 Å². The zero-order valence-electron chi connectivity index (χ0n) is 11.9. The molecule has 21 heavy (non-hydrogen) atoms. The van der Waals surface area contributed by atoms with E-state index < -0.39 is 5.91 Å². The van der Waals surface area contributed by atoms with Gasteiger partial charge in [-0.1, -0.05) is 0 Å². The number of carbonyl (C=O) groups is 2. The Hall–Kier alpha value is -2.59. The van der Waals surface area contributed by atoms with Crippen LogP contribution in [0.5, 0.6) is 5.75 Å². The summed E-state index contributed by atoms with van der Waals surface area (Å²) in [6, 6.07) is 6.62. The molecule has 2 amide bonds. The van der Waals surface area contributed by atoms with Crippen LogP contribution in [0.4, 0.5) is 11.4 Å². The molecule has 0 bridgehead atoms. The summed E-state index contributed by atoms with van der Waals surface area (Å²) in [5.74, 6) is -0.237. The van der Waals surface area contributed by atoms with Crippen molar-refractivity contribution in [2.24, 2.45) is 0 Å². The summed E-state index contributed by atoms with van der Waals surface area (Å²) in [6.07, 6.45) is -0.262. The Labute approximate surface area is 122 Å². The van der Waals surface area contributed by atoms with Crippen molar-refractivity contribution in [2.75, 3.05) is 31.0 Å². The summed E-state index contributed by atoms with van der Waals surface area (Å²) >= 11 is 0. The molecule has 2 N–H and O–H groups in total. The molecule has 0 heterocycles. The normalized spacial score (nSPS) is 9.57. The smallest absolute Gasteiger partial charge is 0.238 e. The molecule has 7 heteroatoms. The lowest BCUT2D eigenvalue weighted by Crippen LogP contribution is -2.13. The highest BCUT2D eigenvalue weighted by molar-refractivity contribution is 5.95. The first-order valence-electron chi connectivity index (χ1n) is 6.27. The maximum Gasteiger partial charge on any atom is 0.238 e. The van der Waals surface area contributed by atoms with Crippen LogP contribution in [-0.2, 0) is 14.3 Å². The standard InChI is InChI=1S/C14H17N3O4/c1-10(18)16-11-3-4-13(21-8-7-20-2)12(9-11)17-14(19)5-6-15/h3-4,9H,5,7-8H2,1-2H3,(H,16,18)(H,17,19). The molecule has 112 valence electrons. The van der Waals surface area contributed by atoms with E-state index in [1.54, 1.807) is 31.4 Å². The number of nitrogens with zero attached hydrogens (tertiary/aromatic N) is 1. The number of carbonyl (C=O) groups excluding carboxylic acids is 2. The van der Waals surface area contributed by atoms with E-state index in [4.69, 9.17) is 14.7 Å². The van der Waals surface area contributed by atoms with Gasteiger partial charge in [-0.2, -0.15) is 5.26 Å². The minimum absolute atomic E-state index is 0.225. The molecule has 1 aromatic carbocycles. The number of benzene rings is 1. The molecule has 0 aliphatic carbocycles. The number of amides is 2. The van der Waals surface area contributed by atoms with Gasteiger partial charge in [-0.25, -0.2) is 0 Å². The van der Waals surface area contributed by atoms with Crippen LogP contribution in [-0.4, -0.2) is 32.1 Å². The predicted octanol–water partition coefficient (Wildman–Crippen LogP) is 1.52. The van der Waals surface area contributed by atoms with Gasteiger partial charge in [0.1, 0.15) is 18.8 Å². The van der Waals surface area contributed by atoms with Crippen LogP contribution in [0.1, 0.15) is 13.3 Å². The van der Waals surface area contributed by atoms with Crippen molar-refractivity contribution in [1.29, 1.82) is 5.26 Å². The lowest BCUT2D eigenvalue weighted by molar-refractivity contribution is -0.115. The second-order valence-corrected chi connectivity index (χ2v) is 4.12. The SMILES string of the molecule is COCCOc1ccc(NC(C)=O)cc1NC(=O)CC#N. The van der Waals surface area contributed by atoms with Gasteiger partial charge in [0.15, 0.2) is 0 Å². The average molecular weight is 291 g/mol. The highest BCUT2D eigenvalue weighted by Gasteiger charge is 2.10. The van der Waals surface area contributed by atoms with Gasteiger partial charge in [-0.3, -0.25) is 9.59 Å². The molecule has 7 nitrogen and oxygen atoms in total. The Bertz CT molecular complexity index is 552. The molecule has 0 saturated heterocycles. The third-order valence-corrected chi connectivity index (χ3v) is 2.36. The van der Waals surface area contributed by atoms with Crippen molar-refractivity contribution < 1.29 is 19.1 Å². The Morgan fingerprint density at radius 1 is 1.29 bits per heavy atom. The fourth-order valence-corrected chi connectivity index (χ4v) is 1.54. The fourth-order valence-electron chi connectivity index (χ4n) is 1.54. The van der Waals surface area contributed by atoms with Crippen molar-refractivity contribution >= 4 is 23.2 Å². The molecule has 1 rings (SSSR count). The summed E-state index contributed by atoms with van der Waals surface area (Å²) in [4.78, 5) is 22.6. The van der Waals surface area contributed by atoms with Gasteiger partial charge in [0.2, 0.25) is 11.8 Å². The van der Waals surface area contributed by atoms with Crippen LogP contribution >= 0.6 is 0 Å². The van der Waals surface area contributed by atoms with Crippen LogP contribution < -0.4 is 15.4 Å². The lowest BCUT2D eigenvalue weighted by atomic mass is 10.2. The zero-order chi connectivity index (χ0) is 15.7. The van der Waals surface area contributed by atoms with Crippen molar-refractivity contribution in [2.45, 2.75) is 13.3 Å². The van der Waals surface area contributed by atoms with E-state index in [1.807, 2.05) is 0 Å². The molecular weight excluding hydrogens is 274 g/mol. The Balaban J connectivity index is 2.91. The molecule has 0 aliphatic heterocycles. The zero-order valence-corrected chi connectivity index (χ0v) is 11.9. The van der Waals surface area contributed by atoms with E-state index in [0.717, 1.165) is 0 Å². The van der Waals surface area contributed by atoms with Crippen LogP contribution in [0.2, 0.25) is 0 Å². The number of anilines is 2. The first-order chi connectivity index (χ1) is 10.1. The van der Waals surface area contributed by atoms with Gasteiger partial charge in [-0.05, 0) is 18.2 Å². The largest absolute Gasteiger partial charge is 0.489 e. The van der Waals surface area contributed by atoms with Crippen LogP contribution in [0.3, 0.4) is 0 Å². The van der Waals surface area contributed by atoms with Crippen molar-refractivity contribution in [3.63, 3.8) is 0 Å². The van der Waals surface area contributed by atoms with Gasteiger partial charge in [0.25, 0.3) is 0 Å². The Morgan fingerprint density at radius 3 is 2.67 bits per heavy atom. The average Bonchev–Trinajstić information content (AvgIpc) is 2.41. The minimum Gasteiger partial charge on any atom is -0.489 e. The second-order valence-electron chi connectivity index (χ2n) is 4.12. The van der Waals surface area contributed by atoms with E-state index >= 15 is 0 Å². The maximum atomic E-state index is 11.5. The topological polar surface area (TPSA) is 100 Å². The van der Waals surface area contributed by atoms with Crippen LogP contribution in [0.25, 0.3) is 0 Å². The quantitative estimate of drug-likeness (QED) is 0.742. The lowest BCUT2D eigenvalue weighted by Gasteiger charge is -2.13. The number of ether oxygens (including phenoxy) is 2. The monoisotopic (exact) mass is 291 g/mol. The summed E-state index contributed by atoms with van der Waals surface area (Å²) in [5.41, 5.74) is 0.909. The molecule has 0 aliphatic rings. The molecule has 0 spiro atoms. The van der Waals surface area contributed by atoms with Gasteiger partial charge in [0.05, 0.1) is 18.4 Å². The summed E-state index contributed by atoms with van der Waals surface area (Å²) < 4.78 is 10.4. The molecule has 1 aromatic rings. The molecule has 0 fully saturated rings. The predicted molar refractivity (Wildman–Crippen MR) is 77.0 cm³/mol. The highest BCUT2D eigenvalue weighted by atomic mass is 16.5. The van der Waals surface area contributed by atoms with Gasteiger partial charge < -0.3 is 20.1 Å². The van der Waals surface area contributed by atoms with Gasteiger partial charge in [-0.15, -0.1) is 0 Å². The van der Waals surface area contributed by atoms with Crippen molar-refractivity contribution in [3.05, 3.63) is 18.2 Å². The number of hydrogen-bond donors (Lipinski definition) is 2. The van der Waals surface area contributed by atoms with E-state index in [1.165, 1.54) is 6.92 Å². The minimum atomic E-state index is -0.450. The van der Waals surface area contributed by atoms with E-state index in [2.05, 4.69) is 10.6 Å². The molecule has 0 saturated carbocycles. The fraction of sp³-hybridized carbons (Fsp3) is 0.357. The number of methoxy groups -OCH3 is 1. The molecule has 0 aromatic heterocycles. The van der Waals surface area contributed by atoms with Crippen molar-refractivity contribution in [3.8, 4) is 11.8 Å². The van der Waals surface area contributed by atoms with E-state index in [-0.39, 0.29) is 12.3 Å². The third kappa shape index (κ3) is 5.93. The first kappa shape index (κ1) is 16.5. The van der Waals surface area contributed by atoms with Crippen molar-refractivity contribution in [1.82, 2.24) is 0 Å². The summed E-state index contributed by atoms with van der Waals surface area (Å²) in [7, 11) is 1.55. The second kappa shape index (κ2) is 8.55. The van der Waals surface area contributed by atoms with E-state index in [9.17, 15) is 9.59 Å². The number of nitrogens with one attached hydrogen (secondary N) is 2. The maximum absolute atomic E-state index is 11.5. The Morgan fingerprint density at radius 2 is 2.05 bits per heavy atom. The van der Waals surface area contributed by atoms with E-state index in [0.29, 0.717) is 30.3 Å². The number of hydrogen-bond acceptors (Lipinski definition) is 5. The Kier molecular flexibility index (Phi) is 6.71. The summed E-state index contributed by atoms with van der Waals surface area (Å²) in [6.45, 7) is 2.10. The third-order valence-electron chi connectivity index (χ3n) is 2.36. The first-order valence-corrected chi connectivity index (χ1v) is 6.27. The number of rotatable bonds is 7. The van der Waals surface area contributed by atoms with Crippen LogP contribution in [0.15, 0.2) is 18.2 Å². The van der Waals surface area contributed by atoms with Crippen LogP contribution in [0, 0.1) is 11.3 Å².